The Kier molecular flexibility index (Phi) is 12.4. The summed E-state index contributed by atoms with van der Waals surface area (Å²) in [5, 5.41) is 7.35. The molecule has 4 rings (SSSR count). The number of pyridine rings is 1. The Morgan fingerprint density at radius 1 is 1.10 bits per heavy atom. The van der Waals surface area contributed by atoms with E-state index in [9.17, 15) is 19.2 Å². The maximum absolute atomic E-state index is 14.3. The number of hydrogen-bond donors (Lipinski definition) is 3. The van der Waals surface area contributed by atoms with Crippen LogP contribution in [0.5, 0.6) is 5.75 Å². The predicted molar refractivity (Wildman–Crippen MR) is 191 cm³/mol. The maximum atomic E-state index is 14.3. The summed E-state index contributed by atoms with van der Waals surface area (Å²) in [7, 11) is 0. The molecule has 3 amide bonds. The number of carbonyl (C=O) groups is 4. The zero-order chi connectivity index (χ0) is 35.1. The van der Waals surface area contributed by atoms with Gasteiger partial charge in [-0.2, -0.15) is 11.8 Å². The molecule has 0 saturated carbocycles. The Labute approximate surface area is 290 Å². The van der Waals surface area contributed by atoms with Gasteiger partial charge in [0.15, 0.2) is 12.7 Å². The lowest BCUT2D eigenvalue weighted by molar-refractivity contribution is -0.164. The molecule has 48 heavy (non-hydrogen) atoms. The van der Waals surface area contributed by atoms with Gasteiger partial charge >= 0.3 is 5.97 Å². The van der Waals surface area contributed by atoms with Crippen LogP contribution < -0.4 is 21.1 Å². The second-order valence-electron chi connectivity index (χ2n) is 13.3. The van der Waals surface area contributed by atoms with Gasteiger partial charge in [0, 0.05) is 39.2 Å². The molecule has 0 unspecified atom stereocenters. The van der Waals surface area contributed by atoms with Gasteiger partial charge in [0.2, 0.25) is 5.91 Å². The number of amides is 3. The number of carbonyl (C=O) groups excluding carboxylic acids is 4. The van der Waals surface area contributed by atoms with Gasteiger partial charge in [-0.05, 0) is 65.0 Å². The summed E-state index contributed by atoms with van der Waals surface area (Å²) in [5.74, 6) is -1.31. The highest BCUT2D eigenvalue weighted by Crippen LogP contribution is 2.40. The largest absolute Gasteiger partial charge is 0.483 e. The molecule has 1 fully saturated rings. The van der Waals surface area contributed by atoms with Gasteiger partial charge in [-0.15, -0.1) is 11.8 Å². The summed E-state index contributed by atoms with van der Waals surface area (Å²) in [6.45, 7) is 9.08. The van der Waals surface area contributed by atoms with E-state index in [1.165, 1.54) is 28.4 Å². The topological polar surface area (TPSA) is 153 Å². The summed E-state index contributed by atoms with van der Waals surface area (Å²) in [5.41, 5.74) is 6.97. The molecular weight excluding hydrogens is 651 g/mol. The quantitative estimate of drug-likeness (QED) is 0.227. The van der Waals surface area contributed by atoms with Crippen molar-refractivity contribution in [3.63, 3.8) is 0 Å². The molecule has 13 heteroatoms. The lowest BCUT2D eigenvalue weighted by atomic mass is 9.96. The zero-order valence-electron chi connectivity index (χ0n) is 28.2. The van der Waals surface area contributed by atoms with Crippen molar-refractivity contribution in [2.45, 2.75) is 75.6 Å². The minimum Gasteiger partial charge on any atom is -0.483 e. The third kappa shape index (κ3) is 9.64. The minimum absolute atomic E-state index is 0.183. The lowest BCUT2D eigenvalue weighted by Gasteiger charge is -2.35. The number of benzene rings is 2. The number of nitrogens with two attached hydrogens (primary N) is 1. The number of aromatic nitrogens is 1. The molecule has 0 spiro atoms. The van der Waals surface area contributed by atoms with Gasteiger partial charge in [-0.1, -0.05) is 42.5 Å². The van der Waals surface area contributed by atoms with Gasteiger partial charge < -0.3 is 30.7 Å². The molecule has 4 atom stereocenters. The number of nitrogens with one attached hydrogen (secondary N) is 2. The lowest BCUT2D eigenvalue weighted by Crippen LogP contribution is -2.60. The Morgan fingerprint density at radius 2 is 1.83 bits per heavy atom. The fourth-order valence-corrected chi connectivity index (χ4v) is 7.16. The molecule has 0 bridgehead atoms. The molecule has 1 aromatic heterocycles. The SMILES string of the molecule is CSC[C@H](NC(=O)COc1cccc2cnccc12)C(=O)O[C@H](C(=O)N1CSC(C)(C)[C@H]1C(=O)NC(C)(C)C)[C@@H](N)Cc1ccccc1. The van der Waals surface area contributed by atoms with Crippen LogP contribution in [-0.4, -0.2) is 92.6 Å². The van der Waals surface area contributed by atoms with Crippen LogP contribution >= 0.6 is 23.5 Å². The third-order valence-electron chi connectivity index (χ3n) is 7.72. The summed E-state index contributed by atoms with van der Waals surface area (Å²) >= 11 is 2.79. The average molecular weight is 696 g/mol. The highest BCUT2D eigenvalue weighted by atomic mass is 32.2. The molecule has 0 aliphatic carbocycles. The highest BCUT2D eigenvalue weighted by Gasteiger charge is 2.51. The molecule has 2 aromatic carbocycles. The Balaban J connectivity index is 1.53. The van der Waals surface area contributed by atoms with E-state index in [0.717, 1.165) is 16.3 Å². The van der Waals surface area contributed by atoms with E-state index in [2.05, 4.69) is 15.6 Å². The predicted octanol–water partition coefficient (Wildman–Crippen LogP) is 3.54. The van der Waals surface area contributed by atoms with E-state index in [4.69, 9.17) is 15.2 Å². The first-order valence-electron chi connectivity index (χ1n) is 15.7. The maximum Gasteiger partial charge on any atom is 0.330 e. The summed E-state index contributed by atoms with van der Waals surface area (Å²) < 4.78 is 11.1. The van der Waals surface area contributed by atoms with Crippen molar-refractivity contribution in [2.24, 2.45) is 5.73 Å². The van der Waals surface area contributed by atoms with Gasteiger partial charge in [0.1, 0.15) is 17.8 Å². The summed E-state index contributed by atoms with van der Waals surface area (Å²) in [6, 6.07) is 13.7. The number of fused-ring (bicyclic) bond motifs is 1. The zero-order valence-corrected chi connectivity index (χ0v) is 29.9. The number of hydrogen-bond acceptors (Lipinski definition) is 10. The van der Waals surface area contributed by atoms with E-state index in [0.29, 0.717) is 5.75 Å². The number of thioether (sulfide) groups is 2. The molecule has 1 saturated heterocycles. The van der Waals surface area contributed by atoms with Crippen LogP contribution in [0.2, 0.25) is 0 Å². The normalized spacial score (nSPS) is 17.6. The molecule has 258 valence electrons. The van der Waals surface area contributed by atoms with Crippen molar-refractivity contribution in [3.8, 4) is 5.75 Å². The van der Waals surface area contributed by atoms with Crippen molar-refractivity contribution < 1.29 is 28.7 Å². The van der Waals surface area contributed by atoms with Crippen molar-refractivity contribution >= 4 is 58.0 Å². The summed E-state index contributed by atoms with van der Waals surface area (Å²) in [6.07, 6.45) is 3.95. The van der Waals surface area contributed by atoms with Gasteiger partial charge in [0.05, 0.1) is 11.9 Å². The van der Waals surface area contributed by atoms with Crippen LogP contribution in [0.15, 0.2) is 67.0 Å². The van der Waals surface area contributed by atoms with Crippen molar-refractivity contribution in [3.05, 3.63) is 72.6 Å². The van der Waals surface area contributed by atoms with Gasteiger partial charge in [-0.3, -0.25) is 19.4 Å². The number of esters is 1. The van der Waals surface area contributed by atoms with E-state index in [1.54, 1.807) is 36.8 Å². The second kappa shape index (κ2) is 16.1. The average Bonchev–Trinajstić information content (AvgIpc) is 3.36. The summed E-state index contributed by atoms with van der Waals surface area (Å²) in [4.78, 5) is 60.2. The van der Waals surface area contributed by atoms with Crippen LogP contribution in [0.25, 0.3) is 10.8 Å². The van der Waals surface area contributed by atoms with Crippen LogP contribution in [0, 0.1) is 0 Å². The van der Waals surface area contributed by atoms with E-state index >= 15 is 0 Å². The first-order valence-corrected chi connectivity index (χ1v) is 18.1. The smallest absolute Gasteiger partial charge is 0.330 e. The van der Waals surface area contributed by atoms with Crippen LogP contribution in [0.4, 0.5) is 0 Å². The first-order chi connectivity index (χ1) is 22.7. The van der Waals surface area contributed by atoms with Crippen LogP contribution in [0.3, 0.4) is 0 Å². The van der Waals surface area contributed by atoms with E-state index in [1.807, 2.05) is 71.0 Å². The van der Waals surface area contributed by atoms with Crippen molar-refractivity contribution in [1.82, 2.24) is 20.5 Å². The van der Waals surface area contributed by atoms with Crippen LogP contribution in [-0.2, 0) is 30.3 Å². The molecule has 2 heterocycles. The monoisotopic (exact) mass is 695 g/mol. The molecule has 3 aromatic rings. The highest BCUT2D eigenvalue weighted by molar-refractivity contribution is 8.00. The fourth-order valence-electron chi connectivity index (χ4n) is 5.47. The molecule has 1 aliphatic rings. The molecule has 11 nitrogen and oxygen atoms in total. The fraction of sp³-hybridized carbons (Fsp3) is 0.457. The Hall–Kier alpha value is -3.81. The molecule has 4 N–H and O–H groups in total. The number of rotatable bonds is 13. The molecule has 0 radical (unpaired) electrons. The Morgan fingerprint density at radius 3 is 2.52 bits per heavy atom. The minimum atomic E-state index is -1.42. The van der Waals surface area contributed by atoms with Gasteiger partial charge in [-0.25, -0.2) is 4.79 Å². The Bertz CT molecular complexity index is 1590. The molecule has 1 aliphatic heterocycles. The molecular formula is C35H45N5O6S2. The number of nitrogens with zero attached hydrogens (tertiary/aromatic N) is 2. The van der Waals surface area contributed by atoms with Crippen molar-refractivity contribution in [1.29, 1.82) is 0 Å². The number of ether oxygens (including phenoxy) is 2. The first kappa shape index (κ1) is 37.0. The van der Waals surface area contributed by atoms with Gasteiger partial charge in [0.25, 0.3) is 11.8 Å². The van der Waals surface area contributed by atoms with E-state index < -0.39 is 52.3 Å². The van der Waals surface area contributed by atoms with E-state index in [-0.39, 0.29) is 30.6 Å². The third-order valence-corrected chi connectivity index (χ3v) is 9.76. The second-order valence-corrected chi connectivity index (χ2v) is 15.8. The van der Waals surface area contributed by atoms with Crippen molar-refractivity contribution in [2.75, 3.05) is 24.5 Å². The standard InChI is InChI=1S/C35H45N5O6S2/c1-34(2,3)39-31(42)30-35(4,5)48-21-40(30)32(43)29(25(36)17-22-11-8-7-9-12-22)46-33(44)26(20-47-6)38-28(41)19-45-27-14-10-13-23-18-37-16-15-24(23)27/h7-16,18,25-26,29-30H,17,19-21,36H2,1-6H3,(H,38,41)(H,39,42)/t25-,26-,29-,30+/m0/s1. The van der Waals surface area contributed by atoms with Crippen LogP contribution in [0.1, 0.15) is 40.2 Å².